The van der Waals surface area contributed by atoms with Crippen molar-refractivity contribution >= 4 is 11.0 Å². The van der Waals surface area contributed by atoms with Gasteiger partial charge in [0.25, 0.3) is 0 Å². The van der Waals surface area contributed by atoms with Gasteiger partial charge >= 0.3 is 0 Å². The summed E-state index contributed by atoms with van der Waals surface area (Å²) >= 11 is 0. The van der Waals surface area contributed by atoms with Crippen molar-refractivity contribution < 1.29 is 14.6 Å². The molecule has 0 aliphatic carbocycles. The van der Waals surface area contributed by atoms with Gasteiger partial charge in [0.15, 0.2) is 17.3 Å². The summed E-state index contributed by atoms with van der Waals surface area (Å²) in [6.07, 6.45) is 0. The maximum atomic E-state index is 9.75. The molecule has 0 amide bonds. The zero-order valence-corrected chi connectivity index (χ0v) is 10.7. The summed E-state index contributed by atoms with van der Waals surface area (Å²) in [7, 11) is 0. The predicted molar refractivity (Wildman–Crippen MR) is 74.4 cm³/mol. The Morgan fingerprint density at radius 3 is 2.50 bits per heavy atom. The molecule has 1 heterocycles. The molecule has 0 aliphatic heterocycles. The molecule has 4 heteroatoms. The van der Waals surface area contributed by atoms with E-state index in [4.69, 9.17) is 4.42 Å². The van der Waals surface area contributed by atoms with Crippen LogP contribution in [0.5, 0.6) is 11.5 Å². The summed E-state index contributed by atoms with van der Waals surface area (Å²) in [6.45, 7) is 1.64. The lowest BCUT2D eigenvalue weighted by Crippen LogP contribution is -1.79. The van der Waals surface area contributed by atoms with Crippen LogP contribution in [0.1, 0.15) is 11.1 Å². The van der Waals surface area contributed by atoms with E-state index < -0.39 is 0 Å². The second-order valence-corrected chi connectivity index (χ2v) is 4.53. The van der Waals surface area contributed by atoms with Crippen LogP contribution in [-0.4, -0.2) is 10.2 Å². The van der Waals surface area contributed by atoms with Crippen molar-refractivity contribution in [2.45, 2.75) is 6.92 Å². The Bertz CT molecular complexity index is 842. The van der Waals surface area contributed by atoms with E-state index in [0.29, 0.717) is 27.9 Å². The largest absolute Gasteiger partial charge is 0.504 e. The smallest absolute Gasteiger partial charge is 0.164 e. The third-order valence-electron chi connectivity index (χ3n) is 3.31. The van der Waals surface area contributed by atoms with Crippen LogP contribution in [0.25, 0.3) is 22.3 Å². The first-order valence-electron chi connectivity index (χ1n) is 6.07. The quantitative estimate of drug-likeness (QED) is 0.658. The molecule has 4 nitrogen and oxygen atoms in total. The Morgan fingerprint density at radius 1 is 1.15 bits per heavy atom. The van der Waals surface area contributed by atoms with Crippen molar-refractivity contribution in [2.24, 2.45) is 0 Å². The fraction of sp³-hybridized carbons (Fsp3) is 0.0625. The highest BCUT2D eigenvalue weighted by molar-refractivity contribution is 5.95. The Kier molecular flexibility index (Phi) is 2.62. The van der Waals surface area contributed by atoms with Gasteiger partial charge in [-0.15, -0.1) is 0 Å². The Morgan fingerprint density at radius 2 is 1.85 bits per heavy atom. The van der Waals surface area contributed by atoms with Gasteiger partial charge in [-0.2, -0.15) is 5.26 Å². The lowest BCUT2D eigenvalue weighted by Gasteiger charge is -2.01. The Hall–Kier alpha value is -2.93. The van der Waals surface area contributed by atoms with Crippen molar-refractivity contribution in [3.63, 3.8) is 0 Å². The molecule has 0 radical (unpaired) electrons. The monoisotopic (exact) mass is 265 g/mol. The molecule has 3 rings (SSSR count). The Labute approximate surface area is 115 Å². The van der Waals surface area contributed by atoms with Crippen LogP contribution in [0.3, 0.4) is 0 Å². The minimum atomic E-state index is -0.257. The standard InChI is InChI=1S/C16H11NO3/c1-9-14(19)13(18)7-11-12(8-17)16(20-15(9)11)10-5-3-2-4-6-10/h2-7,18-19H,1H3. The van der Waals surface area contributed by atoms with Crippen LogP contribution in [0.15, 0.2) is 40.8 Å². The number of nitrogens with zero attached hydrogens (tertiary/aromatic N) is 1. The number of rotatable bonds is 1. The molecule has 0 saturated carbocycles. The molecule has 2 aromatic carbocycles. The van der Waals surface area contributed by atoms with Gasteiger partial charge in [0.2, 0.25) is 0 Å². The minimum Gasteiger partial charge on any atom is -0.504 e. The van der Waals surface area contributed by atoms with Gasteiger partial charge in [0.05, 0.1) is 0 Å². The van der Waals surface area contributed by atoms with Gasteiger partial charge < -0.3 is 14.6 Å². The minimum absolute atomic E-state index is 0.227. The summed E-state index contributed by atoms with van der Waals surface area (Å²) < 4.78 is 5.75. The van der Waals surface area contributed by atoms with Gasteiger partial charge in [0, 0.05) is 16.5 Å². The number of furan rings is 1. The van der Waals surface area contributed by atoms with E-state index in [0.717, 1.165) is 5.56 Å². The molecular weight excluding hydrogens is 254 g/mol. The van der Waals surface area contributed by atoms with Crippen LogP contribution in [0.2, 0.25) is 0 Å². The van der Waals surface area contributed by atoms with Crippen LogP contribution < -0.4 is 0 Å². The highest BCUT2D eigenvalue weighted by Crippen LogP contribution is 2.41. The molecular formula is C16H11NO3. The number of benzene rings is 2. The topological polar surface area (TPSA) is 77.4 Å². The number of phenols is 2. The van der Waals surface area contributed by atoms with Crippen LogP contribution in [0.4, 0.5) is 0 Å². The Balaban J connectivity index is 2.42. The molecule has 20 heavy (non-hydrogen) atoms. The number of phenolic OH excluding ortho intramolecular Hbond substituents is 2. The second kappa shape index (κ2) is 4.32. The fourth-order valence-electron chi connectivity index (χ4n) is 2.27. The van der Waals surface area contributed by atoms with E-state index in [1.807, 2.05) is 30.3 Å². The average Bonchev–Trinajstić information content (AvgIpc) is 2.84. The van der Waals surface area contributed by atoms with Crippen LogP contribution in [0, 0.1) is 18.3 Å². The van der Waals surface area contributed by atoms with E-state index in [1.165, 1.54) is 6.07 Å². The normalized spacial score (nSPS) is 10.6. The van der Waals surface area contributed by atoms with Crippen molar-refractivity contribution in [3.05, 3.63) is 47.5 Å². The van der Waals surface area contributed by atoms with Gasteiger partial charge in [0.1, 0.15) is 17.2 Å². The third-order valence-corrected chi connectivity index (χ3v) is 3.31. The molecule has 0 saturated heterocycles. The first kappa shape index (κ1) is 12.1. The molecule has 2 N–H and O–H groups in total. The highest BCUT2D eigenvalue weighted by atomic mass is 16.3. The molecule has 0 spiro atoms. The lowest BCUT2D eigenvalue weighted by atomic mass is 10.0. The van der Waals surface area contributed by atoms with Crippen LogP contribution >= 0.6 is 0 Å². The number of aryl methyl sites for hydroxylation is 1. The fourth-order valence-corrected chi connectivity index (χ4v) is 2.27. The predicted octanol–water partition coefficient (Wildman–Crippen LogP) is 3.69. The van der Waals surface area contributed by atoms with Crippen molar-refractivity contribution in [1.82, 2.24) is 0 Å². The summed E-state index contributed by atoms with van der Waals surface area (Å²) in [4.78, 5) is 0. The first-order valence-corrected chi connectivity index (χ1v) is 6.07. The zero-order chi connectivity index (χ0) is 14.3. The molecule has 0 fully saturated rings. The van der Waals surface area contributed by atoms with E-state index in [-0.39, 0.29) is 11.5 Å². The van der Waals surface area contributed by atoms with Gasteiger partial charge in [-0.3, -0.25) is 0 Å². The van der Waals surface area contributed by atoms with Gasteiger partial charge in [-0.1, -0.05) is 30.3 Å². The summed E-state index contributed by atoms with van der Waals surface area (Å²) in [6, 6.07) is 12.7. The lowest BCUT2D eigenvalue weighted by molar-refractivity contribution is 0.401. The average molecular weight is 265 g/mol. The second-order valence-electron chi connectivity index (χ2n) is 4.53. The molecule has 1 aromatic heterocycles. The van der Waals surface area contributed by atoms with E-state index >= 15 is 0 Å². The van der Waals surface area contributed by atoms with E-state index in [1.54, 1.807) is 6.92 Å². The first-order chi connectivity index (χ1) is 9.63. The van der Waals surface area contributed by atoms with Gasteiger partial charge in [-0.05, 0) is 13.0 Å². The maximum absolute atomic E-state index is 9.75. The zero-order valence-electron chi connectivity index (χ0n) is 10.7. The maximum Gasteiger partial charge on any atom is 0.164 e. The number of aromatic hydroxyl groups is 2. The third kappa shape index (κ3) is 1.61. The van der Waals surface area contributed by atoms with E-state index in [9.17, 15) is 15.5 Å². The van der Waals surface area contributed by atoms with Gasteiger partial charge in [-0.25, -0.2) is 0 Å². The molecule has 98 valence electrons. The summed E-state index contributed by atoms with van der Waals surface area (Å²) in [5, 5.41) is 29.3. The number of hydrogen-bond acceptors (Lipinski definition) is 4. The number of nitriles is 1. The van der Waals surface area contributed by atoms with E-state index in [2.05, 4.69) is 6.07 Å². The molecule has 0 unspecified atom stereocenters. The number of fused-ring (bicyclic) bond motifs is 1. The molecule has 0 bridgehead atoms. The molecule has 3 aromatic rings. The molecule has 0 atom stereocenters. The summed E-state index contributed by atoms with van der Waals surface area (Å²) in [5.41, 5.74) is 1.96. The van der Waals surface area contributed by atoms with Crippen LogP contribution in [-0.2, 0) is 0 Å². The SMILES string of the molecule is Cc1c(O)c(O)cc2c(C#N)c(-c3ccccc3)oc12. The number of hydrogen-bond donors (Lipinski definition) is 2. The molecule has 0 aliphatic rings. The van der Waals surface area contributed by atoms with Crippen molar-refractivity contribution in [2.75, 3.05) is 0 Å². The van der Waals surface area contributed by atoms with Crippen molar-refractivity contribution in [1.29, 1.82) is 5.26 Å². The highest BCUT2D eigenvalue weighted by Gasteiger charge is 2.20. The van der Waals surface area contributed by atoms with Crippen molar-refractivity contribution in [3.8, 4) is 28.9 Å². The summed E-state index contributed by atoms with van der Waals surface area (Å²) in [5.74, 6) is -0.0431.